The number of benzene rings is 3. The first kappa shape index (κ1) is 45.1. The molecule has 3 aromatic rings. The predicted molar refractivity (Wildman–Crippen MR) is 226 cm³/mol. The second-order valence-electron chi connectivity index (χ2n) is 16.6. The van der Waals surface area contributed by atoms with Crippen LogP contribution in [0.2, 0.25) is 0 Å². The fourth-order valence-electron chi connectivity index (χ4n) is 7.09. The molecule has 2 unspecified atom stereocenters. The number of ether oxygens (including phenoxy) is 5. The molecule has 3 aromatic carbocycles. The van der Waals surface area contributed by atoms with Gasteiger partial charge in [-0.15, -0.1) is 0 Å². The van der Waals surface area contributed by atoms with E-state index in [-0.39, 0.29) is 43.4 Å². The lowest BCUT2D eigenvalue weighted by molar-refractivity contribution is -0.117. The van der Waals surface area contributed by atoms with Gasteiger partial charge in [-0.1, -0.05) is 48.5 Å². The molecule has 0 aliphatic carbocycles. The molecule has 2 amide bonds. The highest BCUT2D eigenvalue weighted by atomic mass is 127. The first-order valence-electron chi connectivity index (χ1n) is 19.4. The fraction of sp³-hybridized carbons (Fsp3) is 0.455. The number of hydrogen-bond donors (Lipinski definition) is 1. The maximum Gasteiger partial charge on any atom is 1.00 e. The fourth-order valence-corrected chi connectivity index (χ4v) is 7.70. The maximum atomic E-state index is 12.2. The van der Waals surface area contributed by atoms with Gasteiger partial charge >= 0.3 is 31.5 Å². The summed E-state index contributed by atoms with van der Waals surface area (Å²) in [5.74, 6) is -0.665. The largest absolute Gasteiger partial charge is 1.00 e. The van der Waals surface area contributed by atoms with E-state index in [1.807, 2.05) is 102 Å². The second-order valence-corrected chi connectivity index (χ2v) is 17.8. The minimum Gasteiger partial charge on any atom is -0.465 e. The molecule has 0 bridgehead atoms. The number of nitrogens with zero attached hydrogens (tertiary/aromatic N) is 2. The van der Waals surface area contributed by atoms with Crippen molar-refractivity contribution in [3.63, 3.8) is 0 Å². The summed E-state index contributed by atoms with van der Waals surface area (Å²) in [5, 5.41) is 3.24. The van der Waals surface area contributed by atoms with E-state index in [4.69, 9.17) is 18.9 Å². The first-order chi connectivity index (χ1) is 27.8. The van der Waals surface area contributed by atoms with Gasteiger partial charge in [-0.2, -0.15) is 0 Å². The zero-order chi connectivity index (χ0) is 43.2. The lowest BCUT2D eigenvalue weighted by atomic mass is 9.92. The number of methoxy groups -OCH3 is 1. The SMILES string of the molecule is CC(C)(C)OC(=O)N1CCC(=O)C1.CC(C)(C)OC(=O)N1CCC2(C1)OC(=O)c1ccccc12.COC(=O)c1ccccc1I.O=C1OC2(CCNC2)c2ccccc21.[H+]. The molecule has 15 heteroatoms. The van der Waals surface area contributed by atoms with E-state index < -0.39 is 22.9 Å². The first-order valence-corrected chi connectivity index (χ1v) is 20.5. The maximum absolute atomic E-state index is 12.2. The summed E-state index contributed by atoms with van der Waals surface area (Å²) in [6.45, 7) is 14.2. The number of ketones is 1. The quantitative estimate of drug-likeness (QED) is 0.149. The van der Waals surface area contributed by atoms with Gasteiger partial charge in [-0.3, -0.25) is 4.79 Å². The molecule has 1 N–H and O–H groups in total. The molecule has 14 nitrogen and oxygen atoms in total. The molecule has 0 radical (unpaired) electrons. The van der Waals surface area contributed by atoms with E-state index in [0.29, 0.717) is 43.6 Å². The molecule has 2 spiro atoms. The highest BCUT2D eigenvalue weighted by Crippen LogP contribution is 2.43. The highest BCUT2D eigenvalue weighted by molar-refractivity contribution is 14.1. The third-order valence-electron chi connectivity index (χ3n) is 9.81. The van der Waals surface area contributed by atoms with Crippen LogP contribution in [-0.4, -0.2) is 103 Å². The average Bonchev–Trinajstić information content (AvgIpc) is 4.02. The number of carbonyl (C=O) groups is 6. The van der Waals surface area contributed by atoms with Gasteiger partial charge in [0.15, 0.2) is 17.0 Å². The van der Waals surface area contributed by atoms with Crippen LogP contribution >= 0.6 is 22.6 Å². The lowest BCUT2D eigenvalue weighted by Gasteiger charge is -2.26. The Morgan fingerprint density at radius 2 is 1.25 bits per heavy atom. The molecular formula is C44H53IN3O11+. The second kappa shape index (κ2) is 18.5. The standard InChI is InChI=1S/C16H19NO4.C11H11NO2.C9H15NO3.C8H7IO2/c1-15(2,3)21-14(19)17-9-8-16(10-17)12-7-5-4-6-11(12)13(18)20-16;13-10-8-3-1-2-4-9(8)11(14-10)5-6-12-7-11;1-9(2,3)13-8(12)10-5-4-7(11)6-10;1-11-8(10)6-4-2-3-5-7(6)9/h4-7H,8-10H2,1-3H3;1-4,12H,5-7H2;4-6H2,1-3H3;2-5H,1H3/p+1. The van der Waals surface area contributed by atoms with Crippen molar-refractivity contribution in [1.82, 2.24) is 15.1 Å². The van der Waals surface area contributed by atoms with Gasteiger partial charge in [0.05, 0.1) is 36.9 Å². The average molecular weight is 927 g/mol. The zero-order valence-electron chi connectivity index (χ0n) is 35.6. The zero-order valence-corrected chi connectivity index (χ0v) is 36.7. The number of nitrogens with one attached hydrogen (secondary N) is 1. The summed E-state index contributed by atoms with van der Waals surface area (Å²) in [6, 6.07) is 22.4. The molecule has 5 aliphatic rings. The summed E-state index contributed by atoms with van der Waals surface area (Å²) in [4.78, 5) is 72.0. The number of carbonyl (C=O) groups excluding carboxylic acids is 6. The highest BCUT2D eigenvalue weighted by Gasteiger charge is 2.51. The van der Waals surface area contributed by atoms with Crippen molar-refractivity contribution < 1.29 is 53.9 Å². The van der Waals surface area contributed by atoms with Crippen LogP contribution in [0.4, 0.5) is 9.59 Å². The lowest BCUT2D eigenvalue weighted by Crippen LogP contribution is -2.38. The summed E-state index contributed by atoms with van der Waals surface area (Å²) in [5.41, 5.74) is 1.80. The van der Waals surface area contributed by atoms with Crippen LogP contribution in [0, 0.1) is 3.57 Å². The Morgan fingerprint density at radius 1 is 0.729 bits per heavy atom. The van der Waals surface area contributed by atoms with Crippen molar-refractivity contribution in [1.29, 1.82) is 0 Å². The van der Waals surface area contributed by atoms with E-state index in [0.717, 1.165) is 39.8 Å². The predicted octanol–water partition coefficient (Wildman–Crippen LogP) is 7.13. The Balaban J connectivity index is 0.000000181. The van der Waals surface area contributed by atoms with Crippen molar-refractivity contribution in [3.8, 4) is 0 Å². The van der Waals surface area contributed by atoms with Crippen molar-refractivity contribution in [2.45, 2.75) is 83.2 Å². The molecule has 3 fully saturated rings. The Morgan fingerprint density at radius 3 is 1.76 bits per heavy atom. The summed E-state index contributed by atoms with van der Waals surface area (Å²) < 4.78 is 27.1. The Kier molecular flexibility index (Phi) is 14.1. The monoisotopic (exact) mass is 926 g/mol. The van der Waals surface area contributed by atoms with Gasteiger partial charge in [0.2, 0.25) is 0 Å². The van der Waals surface area contributed by atoms with E-state index in [9.17, 15) is 28.8 Å². The third kappa shape index (κ3) is 11.2. The number of hydrogen-bond acceptors (Lipinski definition) is 12. The number of Topliss-reactive ketones (excluding diaryl/α,β-unsaturated/α-hetero) is 1. The Labute approximate surface area is 359 Å². The van der Waals surface area contributed by atoms with Crippen LogP contribution in [-0.2, 0) is 39.7 Å². The van der Waals surface area contributed by atoms with Crippen molar-refractivity contribution in [2.24, 2.45) is 0 Å². The van der Waals surface area contributed by atoms with Crippen LogP contribution < -0.4 is 5.32 Å². The molecule has 0 aromatic heterocycles. The molecular weight excluding hydrogens is 873 g/mol. The van der Waals surface area contributed by atoms with Crippen molar-refractivity contribution in [3.05, 3.63) is 104 Å². The minimum atomic E-state index is -0.704. The topological polar surface area (TPSA) is 167 Å². The summed E-state index contributed by atoms with van der Waals surface area (Å²) in [6.07, 6.45) is 1.20. The number of halogens is 1. The van der Waals surface area contributed by atoms with E-state index in [2.05, 4.69) is 32.6 Å². The molecule has 5 heterocycles. The Hall–Kier alpha value is -5.03. The smallest absolute Gasteiger partial charge is 0.465 e. The number of rotatable bonds is 1. The molecule has 3 saturated heterocycles. The molecule has 2 atom stereocenters. The van der Waals surface area contributed by atoms with Crippen LogP contribution in [0.3, 0.4) is 0 Å². The summed E-state index contributed by atoms with van der Waals surface area (Å²) in [7, 11) is 1.38. The molecule has 5 aliphatic heterocycles. The van der Waals surface area contributed by atoms with Gasteiger partial charge in [-0.05, 0) is 94.9 Å². The number of esters is 3. The molecule has 8 rings (SSSR count). The van der Waals surface area contributed by atoms with E-state index in [1.165, 1.54) is 12.0 Å². The van der Waals surface area contributed by atoms with E-state index in [1.54, 1.807) is 17.0 Å². The minimum absolute atomic E-state index is 0. The molecule has 59 heavy (non-hydrogen) atoms. The number of fused-ring (bicyclic) bond motifs is 4. The molecule has 0 saturated carbocycles. The van der Waals surface area contributed by atoms with Gasteiger partial charge in [0, 0.05) is 53.6 Å². The van der Waals surface area contributed by atoms with Crippen molar-refractivity contribution in [2.75, 3.05) is 46.4 Å². The van der Waals surface area contributed by atoms with Gasteiger partial charge < -0.3 is 38.8 Å². The molecule has 316 valence electrons. The van der Waals surface area contributed by atoms with Crippen LogP contribution in [0.5, 0.6) is 0 Å². The number of likely N-dealkylation sites (tertiary alicyclic amines) is 2. The van der Waals surface area contributed by atoms with Gasteiger partial charge in [0.25, 0.3) is 0 Å². The number of amides is 2. The van der Waals surface area contributed by atoms with Crippen LogP contribution in [0.25, 0.3) is 0 Å². The normalized spacial score (nSPS) is 21.2. The summed E-state index contributed by atoms with van der Waals surface area (Å²) >= 11 is 2.10. The van der Waals surface area contributed by atoms with Gasteiger partial charge in [0.1, 0.15) is 11.2 Å². The Bertz CT molecular complexity index is 2080. The van der Waals surface area contributed by atoms with Crippen molar-refractivity contribution >= 4 is 58.5 Å². The van der Waals surface area contributed by atoms with Gasteiger partial charge in [-0.25, -0.2) is 24.0 Å². The van der Waals surface area contributed by atoms with Crippen LogP contribution in [0.1, 0.15) is 104 Å². The third-order valence-corrected chi connectivity index (χ3v) is 10.8. The van der Waals surface area contributed by atoms with E-state index >= 15 is 0 Å². The van der Waals surface area contributed by atoms with Crippen LogP contribution in [0.15, 0.2) is 72.8 Å².